The Kier molecular flexibility index (Phi) is 3.75. The predicted molar refractivity (Wildman–Crippen MR) is 66.9 cm³/mol. The number of anilines is 1. The number of halogens is 4. The van der Waals surface area contributed by atoms with Crippen LogP contribution in [0.25, 0.3) is 0 Å². The van der Waals surface area contributed by atoms with Gasteiger partial charge in [-0.3, -0.25) is 4.79 Å². The van der Waals surface area contributed by atoms with Gasteiger partial charge in [-0.2, -0.15) is 13.2 Å². The number of carbonyl (C=O) groups is 1. The molecule has 0 amide bonds. The van der Waals surface area contributed by atoms with Crippen LogP contribution in [-0.4, -0.2) is 17.1 Å². The Morgan fingerprint density at radius 1 is 1.37 bits per heavy atom. The van der Waals surface area contributed by atoms with Gasteiger partial charge < -0.3 is 10.4 Å². The summed E-state index contributed by atoms with van der Waals surface area (Å²) < 4.78 is 38.1. The summed E-state index contributed by atoms with van der Waals surface area (Å²) in [7, 11) is 0. The summed E-state index contributed by atoms with van der Waals surface area (Å²) in [5, 5.41) is 11.7. The monoisotopic (exact) mass is 337 g/mol. The average molecular weight is 338 g/mol. The van der Waals surface area contributed by atoms with Gasteiger partial charge in [0, 0.05) is 16.2 Å². The molecule has 0 spiro atoms. The first-order valence-electron chi connectivity index (χ1n) is 5.65. The van der Waals surface area contributed by atoms with E-state index in [9.17, 15) is 18.0 Å². The van der Waals surface area contributed by atoms with Crippen LogP contribution in [0.3, 0.4) is 0 Å². The highest BCUT2D eigenvalue weighted by molar-refractivity contribution is 9.10. The Balaban J connectivity index is 2.16. The lowest BCUT2D eigenvalue weighted by atomic mass is 9.79. The number of hydrogen-bond acceptors (Lipinski definition) is 2. The van der Waals surface area contributed by atoms with E-state index >= 15 is 0 Å². The number of aliphatic carboxylic acids is 1. The lowest BCUT2D eigenvalue weighted by molar-refractivity contribution is -0.145. The summed E-state index contributed by atoms with van der Waals surface area (Å²) in [6, 6.07) is 3.48. The summed E-state index contributed by atoms with van der Waals surface area (Å²) >= 11 is 2.86. The van der Waals surface area contributed by atoms with Crippen LogP contribution in [0.2, 0.25) is 0 Å². The molecule has 0 aliphatic heterocycles. The Morgan fingerprint density at radius 2 is 2.05 bits per heavy atom. The lowest BCUT2D eigenvalue weighted by Gasteiger charge is -2.34. The molecule has 1 aliphatic carbocycles. The quantitative estimate of drug-likeness (QED) is 0.883. The number of carboxylic acid groups (broad SMARTS) is 1. The molecular formula is C12H11BrF3NO2. The SMILES string of the molecule is O=C(O)C1CCC1Nc1ccc(Br)c(C(F)(F)F)c1. The molecule has 0 bridgehead atoms. The second kappa shape index (κ2) is 5.03. The van der Waals surface area contributed by atoms with Crippen molar-refractivity contribution < 1.29 is 23.1 Å². The fraction of sp³-hybridized carbons (Fsp3) is 0.417. The predicted octanol–water partition coefficient (Wildman–Crippen LogP) is 3.74. The molecule has 1 aromatic rings. The van der Waals surface area contributed by atoms with E-state index in [0.717, 1.165) is 6.07 Å². The van der Waals surface area contributed by atoms with Crippen molar-refractivity contribution in [1.82, 2.24) is 0 Å². The van der Waals surface area contributed by atoms with Crippen molar-refractivity contribution in [3.63, 3.8) is 0 Å². The van der Waals surface area contributed by atoms with Crippen molar-refractivity contribution in [2.75, 3.05) is 5.32 Å². The van der Waals surface area contributed by atoms with E-state index in [-0.39, 0.29) is 16.2 Å². The van der Waals surface area contributed by atoms with Crippen molar-refractivity contribution >= 4 is 27.6 Å². The van der Waals surface area contributed by atoms with Gasteiger partial charge in [-0.1, -0.05) is 15.9 Å². The van der Waals surface area contributed by atoms with Gasteiger partial charge in [0.15, 0.2) is 0 Å². The number of carboxylic acids is 1. The molecule has 0 radical (unpaired) electrons. The molecule has 1 saturated carbocycles. The largest absolute Gasteiger partial charge is 0.481 e. The number of nitrogens with one attached hydrogen (secondary N) is 1. The molecule has 1 aliphatic rings. The molecule has 2 rings (SSSR count). The van der Waals surface area contributed by atoms with E-state index in [4.69, 9.17) is 5.11 Å². The molecule has 1 fully saturated rings. The zero-order valence-electron chi connectivity index (χ0n) is 9.67. The van der Waals surface area contributed by atoms with Gasteiger partial charge >= 0.3 is 12.1 Å². The molecule has 0 heterocycles. The van der Waals surface area contributed by atoms with Crippen LogP contribution in [0.15, 0.2) is 22.7 Å². The van der Waals surface area contributed by atoms with Gasteiger partial charge in [-0.25, -0.2) is 0 Å². The van der Waals surface area contributed by atoms with Crippen molar-refractivity contribution in [2.45, 2.75) is 25.1 Å². The molecular weight excluding hydrogens is 327 g/mol. The first kappa shape index (κ1) is 14.2. The summed E-state index contributed by atoms with van der Waals surface area (Å²) in [6.07, 6.45) is -3.24. The second-order valence-electron chi connectivity index (χ2n) is 4.47. The van der Waals surface area contributed by atoms with E-state index in [1.165, 1.54) is 12.1 Å². The normalized spacial score (nSPS) is 22.7. The van der Waals surface area contributed by atoms with Gasteiger partial charge in [-0.15, -0.1) is 0 Å². The van der Waals surface area contributed by atoms with E-state index in [1.54, 1.807) is 0 Å². The maximum Gasteiger partial charge on any atom is 0.417 e. The third-order valence-corrected chi connectivity index (χ3v) is 3.91. The standard InChI is InChI=1S/C12H11BrF3NO2/c13-9-3-1-6(5-8(9)12(14,15)16)17-10-4-2-7(10)11(18)19/h1,3,5,7,10,17H,2,4H2,(H,18,19). The Bertz CT molecular complexity index is 504. The van der Waals surface area contributed by atoms with Crippen LogP contribution in [0, 0.1) is 5.92 Å². The maximum absolute atomic E-state index is 12.7. The first-order valence-corrected chi connectivity index (χ1v) is 6.44. The zero-order chi connectivity index (χ0) is 14.2. The van der Waals surface area contributed by atoms with Crippen LogP contribution >= 0.6 is 15.9 Å². The maximum atomic E-state index is 12.7. The fourth-order valence-corrected chi connectivity index (χ4v) is 2.49. The van der Waals surface area contributed by atoms with Crippen LogP contribution in [-0.2, 0) is 11.0 Å². The summed E-state index contributed by atoms with van der Waals surface area (Å²) in [5.74, 6) is -1.45. The molecule has 3 nitrogen and oxygen atoms in total. The Morgan fingerprint density at radius 3 is 2.53 bits per heavy atom. The number of benzene rings is 1. The number of hydrogen-bond donors (Lipinski definition) is 2. The molecule has 7 heteroatoms. The van der Waals surface area contributed by atoms with Gasteiger partial charge in [0.2, 0.25) is 0 Å². The molecule has 104 valence electrons. The van der Waals surface area contributed by atoms with E-state index < -0.39 is 23.6 Å². The number of alkyl halides is 3. The van der Waals surface area contributed by atoms with E-state index in [1.807, 2.05) is 0 Å². The fourth-order valence-electron chi connectivity index (χ4n) is 2.01. The van der Waals surface area contributed by atoms with Crippen LogP contribution < -0.4 is 5.32 Å². The topological polar surface area (TPSA) is 49.3 Å². The average Bonchev–Trinajstić information content (AvgIpc) is 2.23. The zero-order valence-corrected chi connectivity index (χ0v) is 11.3. The van der Waals surface area contributed by atoms with Gasteiger partial charge in [0.05, 0.1) is 11.5 Å². The molecule has 2 unspecified atom stereocenters. The highest BCUT2D eigenvalue weighted by Gasteiger charge is 2.37. The highest BCUT2D eigenvalue weighted by Crippen LogP contribution is 2.37. The Hall–Kier alpha value is -1.24. The van der Waals surface area contributed by atoms with E-state index in [2.05, 4.69) is 21.2 Å². The van der Waals surface area contributed by atoms with Gasteiger partial charge in [-0.05, 0) is 31.0 Å². The van der Waals surface area contributed by atoms with Crippen LogP contribution in [0.4, 0.5) is 18.9 Å². The summed E-state index contributed by atoms with van der Waals surface area (Å²) in [6.45, 7) is 0. The third-order valence-electron chi connectivity index (χ3n) is 3.22. The molecule has 2 atom stereocenters. The molecule has 1 aromatic carbocycles. The minimum Gasteiger partial charge on any atom is -0.481 e. The molecule has 0 saturated heterocycles. The Labute approximate surface area is 115 Å². The number of rotatable bonds is 3. The highest BCUT2D eigenvalue weighted by atomic mass is 79.9. The third kappa shape index (κ3) is 3.02. The molecule has 2 N–H and O–H groups in total. The first-order chi connectivity index (χ1) is 8.79. The minimum absolute atomic E-state index is 0.0334. The minimum atomic E-state index is -4.44. The van der Waals surface area contributed by atoms with Crippen LogP contribution in [0.1, 0.15) is 18.4 Å². The van der Waals surface area contributed by atoms with E-state index in [0.29, 0.717) is 12.8 Å². The van der Waals surface area contributed by atoms with Gasteiger partial charge in [0.25, 0.3) is 0 Å². The summed E-state index contributed by atoms with van der Waals surface area (Å²) in [4.78, 5) is 10.8. The van der Waals surface area contributed by atoms with Crippen molar-refractivity contribution in [2.24, 2.45) is 5.92 Å². The molecule has 0 aromatic heterocycles. The lowest BCUT2D eigenvalue weighted by Crippen LogP contribution is -2.43. The van der Waals surface area contributed by atoms with Crippen molar-refractivity contribution in [3.8, 4) is 0 Å². The molecule has 19 heavy (non-hydrogen) atoms. The smallest absolute Gasteiger partial charge is 0.417 e. The second-order valence-corrected chi connectivity index (χ2v) is 5.32. The van der Waals surface area contributed by atoms with Crippen molar-refractivity contribution in [1.29, 1.82) is 0 Å². The summed E-state index contributed by atoms with van der Waals surface area (Å²) in [5.41, 5.74) is -0.491. The van der Waals surface area contributed by atoms with Gasteiger partial charge in [0.1, 0.15) is 0 Å². The van der Waals surface area contributed by atoms with Crippen molar-refractivity contribution in [3.05, 3.63) is 28.2 Å². The van der Waals surface area contributed by atoms with Crippen LogP contribution in [0.5, 0.6) is 0 Å².